The molecule has 3 rings (SSSR count). The predicted octanol–water partition coefficient (Wildman–Crippen LogP) is 0.843. The maximum Gasteiger partial charge on any atom is 0.282 e. The zero-order valence-corrected chi connectivity index (χ0v) is 14.3. The van der Waals surface area contributed by atoms with Crippen molar-refractivity contribution in [2.75, 3.05) is 44.7 Å². The molecule has 3 heterocycles. The van der Waals surface area contributed by atoms with E-state index in [1.165, 1.54) is 4.31 Å². The number of piperidine rings is 1. The normalized spacial score (nSPS) is 22.1. The summed E-state index contributed by atoms with van der Waals surface area (Å²) < 4.78 is 33.6. The van der Waals surface area contributed by atoms with Gasteiger partial charge in [0.05, 0.1) is 13.2 Å². The Morgan fingerprint density at radius 2 is 1.83 bits per heavy atom. The van der Waals surface area contributed by atoms with Gasteiger partial charge in [0.25, 0.3) is 10.2 Å². The molecule has 0 aromatic carbocycles. The molecule has 1 aromatic heterocycles. The summed E-state index contributed by atoms with van der Waals surface area (Å²) in [6, 6.07) is 4.24. The van der Waals surface area contributed by atoms with E-state index in [4.69, 9.17) is 4.74 Å². The summed E-state index contributed by atoms with van der Waals surface area (Å²) in [5, 5.41) is 3.41. The minimum absolute atomic E-state index is 0.264. The first-order valence-corrected chi connectivity index (χ1v) is 9.47. The van der Waals surface area contributed by atoms with Crippen LogP contribution in [-0.4, -0.2) is 67.4 Å². The van der Waals surface area contributed by atoms with Crippen LogP contribution in [0.4, 0.5) is 5.82 Å². The third-order valence-corrected chi connectivity index (χ3v) is 6.38. The maximum atomic E-state index is 12.6. The number of rotatable bonds is 4. The summed E-state index contributed by atoms with van der Waals surface area (Å²) in [4.78, 5) is 4.31. The number of aromatic nitrogens is 1. The highest BCUT2D eigenvalue weighted by Gasteiger charge is 2.33. The SMILES string of the molecule is Cc1ccnc(NC2CCN(S(=O)(=O)N3CCOCC3)CC2)c1. The molecule has 0 aliphatic carbocycles. The van der Waals surface area contributed by atoms with Crippen molar-refractivity contribution < 1.29 is 13.2 Å². The third-order valence-electron chi connectivity index (χ3n) is 4.34. The lowest BCUT2D eigenvalue weighted by molar-refractivity contribution is 0.0697. The molecule has 0 saturated carbocycles. The number of ether oxygens (including phenoxy) is 1. The van der Waals surface area contributed by atoms with E-state index >= 15 is 0 Å². The van der Waals surface area contributed by atoms with Crippen molar-refractivity contribution >= 4 is 16.0 Å². The molecule has 2 aliphatic heterocycles. The van der Waals surface area contributed by atoms with Crippen molar-refractivity contribution in [1.82, 2.24) is 13.6 Å². The van der Waals surface area contributed by atoms with Gasteiger partial charge in [-0.15, -0.1) is 0 Å². The van der Waals surface area contributed by atoms with Crippen LogP contribution in [0.25, 0.3) is 0 Å². The molecule has 1 N–H and O–H groups in total. The first kappa shape index (κ1) is 16.6. The van der Waals surface area contributed by atoms with Crippen LogP contribution < -0.4 is 5.32 Å². The number of anilines is 1. The molecular formula is C15H24N4O3S. The lowest BCUT2D eigenvalue weighted by atomic mass is 10.1. The van der Waals surface area contributed by atoms with E-state index in [0.29, 0.717) is 39.4 Å². The zero-order chi connectivity index (χ0) is 16.3. The highest BCUT2D eigenvalue weighted by Crippen LogP contribution is 2.20. The van der Waals surface area contributed by atoms with Crippen molar-refractivity contribution in [2.45, 2.75) is 25.8 Å². The highest BCUT2D eigenvalue weighted by molar-refractivity contribution is 7.86. The van der Waals surface area contributed by atoms with Crippen molar-refractivity contribution in [3.05, 3.63) is 23.9 Å². The molecule has 128 valence electrons. The Labute approximate surface area is 137 Å². The van der Waals surface area contributed by atoms with Gasteiger partial charge in [-0.05, 0) is 37.5 Å². The topological polar surface area (TPSA) is 74.8 Å². The van der Waals surface area contributed by atoms with Crippen LogP contribution >= 0.6 is 0 Å². The molecule has 0 spiro atoms. The second-order valence-corrected chi connectivity index (χ2v) is 7.98. The van der Waals surface area contributed by atoms with Gasteiger partial charge in [-0.1, -0.05) is 0 Å². The fourth-order valence-electron chi connectivity index (χ4n) is 3.00. The average molecular weight is 340 g/mol. The number of pyridine rings is 1. The molecule has 7 nitrogen and oxygen atoms in total. The number of nitrogens with one attached hydrogen (secondary N) is 1. The summed E-state index contributed by atoms with van der Waals surface area (Å²) in [5.41, 5.74) is 1.16. The van der Waals surface area contributed by atoms with Gasteiger partial charge >= 0.3 is 0 Å². The van der Waals surface area contributed by atoms with E-state index in [2.05, 4.69) is 10.3 Å². The molecule has 2 fully saturated rings. The van der Waals surface area contributed by atoms with E-state index in [-0.39, 0.29) is 6.04 Å². The standard InChI is InChI=1S/C15H24N4O3S/c1-13-2-5-16-15(12-13)17-14-3-6-18(7-4-14)23(20,21)19-8-10-22-11-9-19/h2,5,12,14H,3-4,6-11H2,1H3,(H,16,17). The van der Waals surface area contributed by atoms with Gasteiger partial charge in [0, 0.05) is 38.4 Å². The summed E-state index contributed by atoms with van der Waals surface area (Å²) in [5.74, 6) is 0.861. The van der Waals surface area contributed by atoms with E-state index in [1.54, 1.807) is 10.5 Å². The third kappa shape index (κ3) is 4.00. The Morgan fingerprint density at radius 1 is 1.17 bits per heavy atom. The fraction of sp³-hybridized carbons (Fsp3) is 0.667. The summed E-state index contributed by atoms with van der Waals surface area (Å²) in [7, 11) is -3.34. The van der Waals surface area contributed by atoms with Crippen LogP contribution in [-0.2, 0) is 14.9 Å². The minimum Gasteiger partial charge on any atom is -0.379 e. The van der Waals surface area contributed by atoms with Crippen LogP contribution in [0.2, 0.25) is 0 Å². The minimum atomic E-state index is -3.34. The van der Waals surface area contributed by atoms with Crippen molar-refractivity contribution in [3.8, 4) is 0 Å². The Kier molecular flexibility index (Phi) is 5.15. The van der Waals surface area contributed by atoms with E-state index < -0.39 is 10.2 Å². The monoisotopic (exact) mass is 340 g/mol. The van der Waals surface area contributed by atoms with Gasteiger partial charge in [0.15, 0.2) is 0 Å². The lowest BCUT2D eigenvalue weighted by Crippen LogP contribution is -2.51. The Morgan fingerprint density at radius 3 is 2.48 bits per heavy atom. The molecular weight excluding hydrogens is 316 g/mol. The van der Waals surface area contributed by atoms with E-state index in [9.17, 15) is 8.42 Å². The van der Waals surface area contributed by atoms with Crippen LogP contribution in [0.1, 0.15) is 18.4 Å². The smallest absolute Gasteiger partial charge is 0.282 e. The first-order chi connectivity index (χ1) is 11.1. The number of morpholine rings is 1. The number of hydrogen-bond donors (Lipinski definition) is 1. The number of nitrogens with zero attached hydrogens (tertiary/aromatic N) is 3. The lowest BCUT2D eigenvalue weighted by Gasteiger charge is -2.36. The Bertz CT molecular complexity index is 623. The fourth-order valence-corrected chi connectivity index (χ4v) is 4.61. The maximum absolute atomic E-state index is 12.6. The van der Waals surface area contributed by atoms with Gasteiger partial charge in [0.1, 0.15) is 5.82 Å². The van der Waals surface area contributed by atoms with Gasteiger partial charge in [-0.25, -0.2) is 4.98 Å². The molecule has 8 heteroatoms. The Hall–Kier alpha value is -1.22. The number of hydrogen-bond acceptors (Lipinski definition) is 5. The molecule has 0 bridgehead atoms. The molecule has 23 heavy (non-hydrogen) atoms. The quantitative estimate of drug-likeness (QED) is 0.879. The number of aryl methyl sites for hydroxylation is 1. The zero-order valence-electron chi connectivity index (χ0n) is 13.4. The van der Waals surface area contributed by atoms with Crippen LogP contribution in [0.5, 0.6) is 0 Å². The molecule has 2 saturated heterocycles. The second kappa shape index (κ2) is 7.12. The molecule has 0 unspecified atom stereocenters. The summed E-state index contributed by atoms with van der Waals surface area (Å²) >= 11 is 0. The molecule has 2 aliphatic rings. The van der Waals surface area contributed by atoms with Crippen LogP contribution in [0.15, 0.2) is 18.3 Å². The molecule has 0 atom stereocenters. The summed E-state index contributed by atoms with van der Waals surface area (Å²) in [6.07, 6.45) is 3.37. The van der Waals surface area contributed by atoms with Gasteiger partial charge in [-0.3, -0.25) is 0 Å². The van der Waals surface area contributed by atoms with Crippen molar-refractivity contribution in [2.24, 2.45) is 0 Å². The van der Waals surface area contributed by atoms with Gasteiger partial charge < -0.3 is 10.1 Å². The first-order valence-electron chi connectivity index (χ1n) is 8.08. The molecule has 0 radical (unpaired) electrons. The highest BCUT2D eigenvalue weighted by atomic mass is 32.2. The van der Waals surface area contributed by atoms with Gasteiger partial charge in [0.2, 0.25) is 0 Å². The van der Waals surface area contributed by atoms with Gasteiger partial charge in [-0.2, -0.15) is 17.0 Å². The summed E-state index contributed by atoms with van der Waals surface area (Å²) in [6.45, 7) is 4.99. The average Bonchev–Trinajstić information content (AvgIpc) is 2.56. The Balaban J connectivity index is 1.55. The van der Waals surface area contributed by atoms with Crippen molar-refractivity contribution in [1.29, 1.82) is 0 Å². The van der Waals surface area contributed by atoms with Crippen LogP contribution in [0, 0.1) is 6.92 Å². The second-order valence-electron chi connectivity index (χ2n) is 6.06. The predicted molar refractivity (Wildman–Crippen MR) is 88.5 cm³/mol. The van der Waals surface area contributed by atoms with E-state index in [1.807, 2.05) is 19.1 Å². The van der Waals surface area contributed by atoms with Crippen molar-refractivity contribution in [3.63, 3.8) is 0 Å². The largest absolute Gasteiger partial charge is 0.379 e. The molecule has 1 aromatic rings. The van der Waals surface area contributed by atoms with E-state index in [0.717, 1.165) is 24.2 Å². The van der Waals surface area contributed by atoms with Crippen LogP contribution in [0.3, 0.4) is 0 Å². The molecule has 0 amide bonds.